The first-order valence-electron chi connectivity index (χ1n) is 9.90. The average Bonchev–Trinajstić information content (AvgIpc) is 2.77. The van der Waals surface area contributed by atoms with Crippen LogP contribution >= 0.6 is 11.6 Å². The van der Waals surface area contributed by atoms with Crippen LogP contribution in [0.15, 0.2) is 66.7 Å². The predicted octanol–water partition coefficient (Wildman–Crippen LogP) is 4.80. The number of carbonyl (C=O) groups excluding carboxylic acids is 2. The van der Waals surface area contributed by atoms with Crippen molar-refractivity contribution in [3.8, 4) is 0 Å². The lowest BCUT2D eigenvalue weighted by atomic mass is 10.0. The highest BCUT2D eigenvalue weighted by molar-refractivity contribution is 6.30. The molecule has 0 saturated carbocycles. The van der Waals surface area contributed by atoms with Crippen molar-refractivity contribution >= 4 is 39.8 Å². The van der Waals surface area contributed by atoms with Gasteiger partial charge in [0.1, 0.15) is 0 Å². The van der Waals surface area contributed by atoms with Gasteiger partial charge in [-0.25, -0.2) is 0 Å². The highest BCUT2D eigenvalue weighted by atomic mass is 35.5. The Morgan fingerprint density at radius 1 is 0.793 bits per heavy atom. The standard InChI is InChI=1S/C24H23ClN2O2/c25-21-6-3-7-22(17-21)26-12-14-27(15-13-26)24(29)11-10-23(28)20-9-8-18-4-1-2-5-19(18)16-20/h1-9,16-17H,10-15H2. The van der Waals surface area contributed by atoms with Crippen molar-refractivity contribution in [3.63, 3.8) is 0 Å². The number of anilines is 1. The Morgan fingerprint density at radius 3 is 2.31 bits per heavy atom. The number of benzene rings is 3. The Morgan fingerprint density at radius 2 is 1.55 bits per heavy atom. The van der Waals surface area contributed by atoms with Crippen LogP contribution in [0.25, 0.3) is 10.8 Å². The van der Waals surface area contributed by atoms with E-state index in [1.165, 1.54) is 0 Å². The van der Waals surface area contributed by atoms with Crippen LogP contribution in [0.5, 0.6) is 0 Å². The lowest BCUT2D eigenvalue weighted by Gasteiger charge is -2.36. The minimum absolute atomic E-state index is 0.0154. The minimum atomic E-state index is 0.0154. The van der Waals surface area contributed by atoms with Gasteiger partial charge in [-0.15, -0.1) is 0 Å². The van der Waals surface area contributed by atoms with Crippen LogP contribution in [0.3, 0.4) is 0 Å². The summed E-state index contributed by atoms with van der Waals surface area (Å²) in [6.07, 6.45) is 0.495. The Kier molecular flexibility index (Phi) is 5.81. The van der Waals surface area contributed by atoms with E-state index >= 15 is 0 Å². The Labute approximate surface area is 175 Å². The molecule has 3 aromatic carbocycles. The van der Waals surface area contributed by atoms with E-state index in [1.807, 2.05) is 71.6 Å². The molecule has 0 spiro atoms. The second-order valence-corrected chi connectivity index (χ2v) is 7.77. The quantitative estimate of drug-likeness (QED) is 0.571. The first-order valence-corrected chi connectivity index (χ1v) is 10.3. The van der Waals surface area contributed by atoms with Crippen LogP contribution in [0, 0.1) is 0 Å². The molecule has 1 fully saturated rings. The summed E-state index contributed by atoms with van der Waals surface area (Å²) in [6.45, 7) is 2.86. The van der Waals surface area contributed by atoms with E-state index < -0.39 is 0 Å². The number of rotatable bonds is 5. The first kappa shape index (κ1) is 19.5. The summed E-state index contributed by atoms with van der Waals surface area (Å²) in [5.41, 5.74) is 1.75. The van der Waals surface area contributed by atoms with E-state index in [1.54, 1.807) is 0 Å². The van der Waals surface area contributed by atoms with Gasteiger partial charge in [-0.2, -0.15) is 0 Å². The molecule has 5 heteroatoms. The summed E-state index contributed by atoms with van der Waals surface area (Å²) in [6, 6.07) is 21.5. The zero-order valence-electron chi connectivity index (χ0n) is 16.2. The predicted molar refractivity (Wildman–Crippen MR) is 118 cm³/mol. The number of nitrogens with zero attached hydrogens (tertiary/aromatic N) is 2. The zero-order valence-corrected chi connectivity index (χ0v) is 16.9. The molecule has 4 rings (SSSR count). The minimum Gasteiger partial charge on any atom is -0.368 e. The normalized spacial score (nSPS) is 14.2. The molecule has 0 radical (unpaired) electrons. The number of fused-ring (bicyclic) bond motifs is 1. The fourth-order valence-electron chi connectivity index (χ4n) is 3.77. The molecule has 1 amide bonds. The average molecular weight is 407 g/mol. The molecule has 1 saturated heterocycles. The molecule has 4 nitrogen and oxygen atoms in total. The molecule has 3 aromatic rings. The van der Waals surface area contributed by atoms with E-state index in [2.05, 4.69) is 4.90 Å². The number of piperazine rings is 1. The van der Waals surface area contributed by atoms with Gasteiger partial charge in [0.15, 0.2) is 5.78 Å². The molecule has 1 heterocycles. The van der Waals surface area contributed by atoms with Crippen molar-refractivity contribution in [3.05, 3.63) is 77.3 Å². The molecule has 0 unspecified atom stereocenters. The molecule has 0 aliphatic carbocycles. The summed E-state index contributed by atoms with van der Waals surface area (Å²) >= 11 is 6.07. The molecule has 148 valence electrons. The number of hydrogen-bond acceptors (Lipinski definition) is 3. The van der Waals surface area contributed by atoms with Gasteiger partial charge in [0.25, 0.3) is 0 Å². The first-order chi connectivity index (χ1) is 14.1. The lowest BCUT2D eigenvalue weighted by molar-refractivity contribution is -0.131. The molecular weight excluding hydrogens is 384 g/mol. The van der Waals surface area contributed by atoms with E-state index in [4.69, 9.17) is 11.6 Å². The number of halogens is 1. The van der Waals surface area contributed by atoms with Crippen molar-refractivity contribution < 1.29 is 9.59 Å². The van der Waals surface area contributed by atoms with Crippen LogP contribution in [0.2, 0.25) is 5.02 Å². The van der Waals surface area contributed by atoms with Crippen molar-refractivity contribution in [1.82, 2.24) is 4.90 Å². The van der Waals surface area contributed by atoms with E-state index in [-0.39, 0.29) is 24.5 Å². The summed E-state index contributed by atoms with van der Waals surface area (Å²) in [7, 11) is 0. The fourth-order valence-corrected chi connectivity index (χ4v) is 3.96. The number of ketones is 1. The molecule has 0 N–H and O–H groups in total. The number of amides is 1. The van der Waals surface area contributed by atoms with Crippen LogP contribution in [0.4, 0.5) is 5.69 Å². The smallest absolute Gasteiger partial charge is 0.223 e. The fraction of sp³-hybridized carbons (Fsp3) is 0.250. The van der Waals surface area contributed by atoms with Crippen LogP contribution in [-0.2, 0) is 4.79 Å². The van der Waals surface area contributed by atoms with E-state index in [9.17, 15) is 9.59 Å². The van der Waals surface area contributed by atoms with Crippen LogP contribution in [0.1, 0.15) is 23.2 Å². The molecule has 0 atom stereocenters. The van der Waals surface area contributed by atoms with Gasteiger partial charge in [-0.05, 0) is 35.0 Å². The summed E-state index contributed by atoms with van der Waals surface area (Å²) in [5.74, 6) is 0.0616. The largest absolute Gasteiger partial charge is 0.368 e. The second kappa shape index (κ2) is 8.66. The third-order valence-electron chi connectivity index (χ3n) is 5.44. The van der Waals surface area contributed by atoms with E-state index in [0.717, 1.165) is 29.5 Å². The lowest BCUT2D eigenvalue weighted by Crippen LogP contribution is -2.48. The van der Waals surface area contributed by atoms with E-state index in [0.29, 0.717) is 23.7 Å². The second-order valence-electron chi connectivity index (χ2n) is 7.33. The maximum Gasteiger partial charge on any atom is 0.223 e. The number of carbonyl (C=O) groups is 2. The Balaban J connectivity index is 1.30. The molecule has 0 aromatic heterocycles. The van der Waals surface area contributed by atoms with Crippen molar-refractivity contribution in [2.75, 3.05) is 31.1 Å². The highest BCUT2D eigenvalue weighted by Crippen LogP contribution is 2.21. The maximum atomic E-state index is 12.6. The third-order valence-corrected chi connectivity index (χ3v) is 5.68. The monoisotopic (exact) mass is 406 g/mol. The van der Waals surface area contributed by atoms with Crippen LogP contribution in [-0.4, -0.2) is 42.8 Å². The topological polar surface area (TPSA) is 40.6 Å². The SMILES string of the molecule is O=C(CCC(=O)N1CCN(c2cccc(Cl)c2)CC1)c1ccc2ccccc2c1. The summed E-state index contributed by atoms with van der Waals surface area (Å²) in [5, 5.41) is 2.87. The Bertz CT molecular complexity index is 1040. The summed E-state index contributed by atoms with van der Waals surface area (Å²) < 4.78 is 0. The van der Waals surface area contributed by atoms with Gasteiger partial charge in [-0.1, -0.05) is 54.1 Å². The van der Waals surface area contributed by atoms with Gasteiger partial charge in [-0.3, -0.25) is 9.59 Å². The summed E-state index contributed by atoms with van der Waals surface area (Å²) in [4.78, 5) is 29.2. The zero-order chi connectivity index (χ0) is 20.2. The molecule has 29 heavy (non-hydrogen) atoms. The van der Waals surface area contributed by atoms with Crippen molar-refractivity contribution in [1.29, 1.82) is 0 Å². The highest BCUT2D eigenvalue weighted by Gasteiger charge is 2.22. The maximum absolute atomic E-state index is 12.6. The number of Topliss-reactive ketones (excluding diaryl/α,β-unsaturated/α-hetero) is 1. The van der Waals surface area contributed by atoms with Gasteiger partial charge in [0.05, 0.1) is 0 Å². The van der Waals surface area contributed by atoms with Gasteiger partial charge >= 0.3 is 0 Å². The van der Waals surface area contributed by atoms with Gasteiger partial charge in [0, 0.05) is 55.3 Å². The Hall–Kier alpha value is -2.85. The molecule has 1 aliphatic heterocycles. The van der Waals surface area contributed by atoms with Crippen molar-refractivity contribution in [2.45, 2.75) is 12.8 Å². The van der Waals surface area contributed by atoms with Gasteiger partial charge in [0.2, 0.25) is 5.91 Å². The van der Waals surface area contributed by atoms with Crippen LogP contribution < -0.4 is 4.90 Å². The third kappa shape index (κ3) is 4.60. The molecule has 0 bridgehead atoms. The van der Waals surface area contributed by atoms with Gasteiger partial charge < -0.3 is 9.80 Å². The van der Waals surface area contributed by atoms with Crippen molar-refractivity contribution in [2.24, 2.45) is 0 Å². The molecule has 1 aliphatic rings. The number of hydrogen-bond donors (Lipinski definition) is 0. The molecular formula is C24H23ClN2O2.